The maximum atomic E-state index is 16.3. The van der Waals surface area contributed by atoms with Crippen LogP contribution in [0.5, 0.6) is 11.9 Å². The van der Waals surface area contributed by atoms with Gasteiger partial charge in [-0.25, -0.2) is 22.5 Å². The van der Waals surface area contributed by atoms with E-state index >= 15 is 4.39 Å². The number of nitrogens with zero attached hydrogens (tertiary/aromatic N) is 3. The maximum absolute atomic E-state index is 16.3. The minimum Gasteiger partial charge on any atom is -0.468 e. The highest BCUT2D eigenvalue weighted by Gasteiger charge is 2.43. The molecule has 2 aromatic heterocycles. The summed E-state index contributed by atoms with van der Waals surface area (Å²) in [4.78, 5) is 12.4. The van der Waals surface area contributed by atoms with Gasteiger partial charge in [-0.1, -0.05) is 0 Å². The van der Waals surface area contributed by atoms with Crippen molar-refractivity contribution in [3.8, 4) is 23.1 Å². The molecule has 0 bridgehead atoms. The van der Waals surface area contributed by atoms with Gasteiger partial charge in [-0.15, -0.1) is 0 Å². The number of hydrogen-bond donors (Lipinski definition) is 3. The van der Waals surface area contributed by atoms with Crippen molar-refractivity contribution in [3.05, 3.63) is 28.8 Å². The van der Waals surface area contributed by atoms with Gasteiger partial charge < -0.3 is 25.8 Å². The van der Waals surface area contributed by atoms with Crippen LogP contribution >= 0.6 is 11.8 Å². The molecular weight excluding hydrogens is 593 g/mol. The second-order valence-electron chi connectivity index (χ2n) is 10.1. The molecule has 3 heterocycles. The van der Waals surface area contributed by atoms with E-state index in [0.717, 1.165) is 19.8 Å². The van der Waals surface area contributed by atoms with Crippen molar-refractivity contribution >= 4 is 34.2 Å². The third-order valence-electron chi connectivity index (χ3n) is 7.25. The summed E-state index contributed by atoms with van der Waals surface area (Å²) in [5, 5.41) is 5.67. The first kappa shape index (κ1) is 30.2. The largest absolute Gasteiger partial charge is 0.468 e. The van der Waals surface area contributed by atoms with E-state index in [1.165, 1.54) is 0 Å². The second kappa shape index (κ2) is 11.4. The number of ether oxygens (including phenoxy) is 2. The molecule has 1 aliphatic carbocycles. The van der Waals surface area contributed by atoms with Crippen molar-refractivity contribution in [2.45, 2.75) is 49.6 Å². The van der Waals surface area contributed by atoms with Gasteiger partial charge in [0, 0.05) is 29.8 Å². The zero-order valence-electron chi connectivity index (χ0n) is 22.5. The molecule has 2 aliphatic rings. The number of rotatable bonds is 6. The average Bonchev–Trinajstić information content (AvgIpc) is 3.72. The second-order valence-corrected chi connectivity index (χ2v) is 11.4. The molecule has 0 amide bonds. The lowest BCUT2D eigenvalue weighted by atomic mass is 9.96. The van der Waals surface area contributed by atoms with Gasteiger partial charge in [-0.2, -0.15) is 34.9 Å². The molecule has 0 saturated heterocycles. The Morgan fingerprint density at radius 2 is 1.88 bits per heavy atom. The van der Waals surface area contributed by atoms with Crippen LogP contribution in [0.2, 0.25) is 0 Å². The van der Waals surface area contributed by atoms with Gasteiger partial charge in [-0.3, -0.25) is 0 Å². The van der Waals surface area contributed by atoms with Crippen LogP contribution in [-0.2, 0) is 6.18 Å². The highest BCUT2D eigenvalue weighted by molar-refractivity contribution is 8.00. The van der Waals surface area contributed by atoms with E-state index in [9.17, 15) is 26.3 Å². The molecule has 16 heteroatoms. The van der Waals surface area contributed by atoms with Crippen molar-refractivity contribution in [3.63, 3.8) is 0 Å². The van der Waals surface area contributed by atoms with E-state index in [1.807, 2.05) is 6.26 Å². The summed E-state index contributed by atoms with van der Waals surface area (Å²) in [6, 6.07) is 0.313. The molecule has 0 spiro atoms. The fourth-order valence-electron chi connectivity index (χ4n) is 4.71. The molecule has 0 radical (unpaired) electrons. The Morgan fingerprint density at radius 1 is 1.14 bits per heavy atom. The summed E-state index contributed by atoms with van der Waals surface area (Å²) in [5.74, 6) is -3.38. The van der Waals surface area contributed by atoms with Crippen molar-refractivity contribution in [1.29, 1.82) is 0 Å². The Labute approximate surface area is 240 Å². The molecule has 1 aromatic carbocycles. The van der Waals surface area contributed by atoms with Crippen molar-refractivity contribution in [2.24, 2.45) is 0 Å². The Kier molecular flexibility index (Phi) is 8.22. The van der Waals surface area contributed by atoms with Gasteiger partial charge in [0.15, 0.2) is 11.9 Å². The summed E-state index contributed by atoms with van der Waals surface area (Å²) in [7, 11) is 0. The first-order chi connectivity index (χ1) is 19.8. The Balaban J connectivity index is 1.79. The van der Waals surface area contributed by atoms with Gasteiger partial charge in [-0.05, 0) is 44.2 Å². The first-order valence-electron chi connectivity index (χ1n) is 13.0. The summed E-state index contributed by atoms with van der Waals surface area (Å²) in [6.07, 6.45) is -6.47. The minimum absolute atomic E-state index is 0.0699. The number of thioether (sulfide) groups is 1. The van der Waals surface area contributed by atoms with E-state index in [-0.39, 0.29) is 48.1 Å². The van der Waals surface area contributed by atoms with Gasteiger partial charge in [0.1, 0.15) is 34.8 Å². The molecule has 4 N–H and O–H groups in total. The van der Waals surface area contributed by atoms with E-state index in [0.29, 0.717) is 12.6 Å². The monoisotopic (exact) mass is 620 g/mol. The molecular formula is C26H27F7N6O2S. The number of nitrogen functional groups attached to an aromatic ring is 1. The van der Waals surface area contributed by atoms with Gasteiger partial charge in [0.25, 0.3) is 6.43 Å². The topological polar surface area (TPSA) is 107 Å². The standard InChI is InChI=1S/C26H27F7N6O2S/c1-11-16(26(31,32)33)12(9-13(34)17(11)27)19-18(28)20-15-22(39-24(38-20)40-10-25(42-2)4-5-25)36-8-7-35-6-3-14(21(29)30)41-23(15)37-19/h9,14,21,35H,3-8,10,34H2,1-2H3,(H,36,38,39). The lowest BCUT2D eigenvalue weighted by molar-refractivity contribution is -0.137. The van der Waals surface area contributed by atoms with E-state index in [1.54, 1.807) is 11.8 Å². The number of halogens is 7. The number of aromatic nitrogens is 3. The zero-order valence-corrected chi connectivity index (χ0v) is 23.3. The van der Waals surface area contributed by atoms with Crippen LogP contribution in [-0.4, -0.2) is 64.7 Å². The zero-order chi connectivity index (χ0) is 30.4. The number of anilines is 2. The quantitative estimate of drug-likeness (QED) is 0.241. The fourth-order valence-corrected chi connectivity index (χ4v) is 5.40. The number of pyridine rings is 1. The van der Waals surface area contributed by atoms with Gasteiger partial charge >= 0.3 is 12.2 Å². The molecule has 1 atom stereocenters. The molecule has 1 saturated carbocycles. The molecule has 1 fully saturated rings. The molecule has 228 valence electrons. The van der Waals surface area contributed by atoms with Crippen LogP contribution in [0.1, 0.15) is 30.4 Å². The highest BCUT2D eigenvalue weighted by Crippen LogP contribution is 2.48. The Morgan fingerprint density at radius 3 is 2.52 bits per heavy atom. The smallest absolute Gasteiger partial charge is 0.417 e. The third kappa shape index (κ3) is 5.82. The van der Waals surface area contributed by atoms with Crippen LogP contribution in [0.3, 0.4) is 0 Å². The average molecular weight is 621 g/mol. The molecule has 5 rings (SSSR count). The van der Waals surface area contributed by atoms with Crippen LogP contribution in [0.25, 0.3) is 22.2 Å². The van der Waals surface area contributed by atoms with Gasteiger partial charge in [0.2, 0.25) is 5.88 Å². The van der Waals surface area contributed by atoms with E-state index in [4.69, 9.17) is 15.2 Å². The SMILES string of the molecule is CSC1(COc2nc3c4c(nc(-c5cc(N)c(F)c(C)c5C(F)(F)F)c(F)c4n2)OC(C(F)F)CCNCCN3)CC1. The molecule has 1 aliphatic heterocycles. The number of nitrogens with two attached hydrogens (primary N) is 1. The Bertz CT molecular complexity index is 1500. The number of alkyl halides is 5. The van der Waals surface area contributed by atoms with Crippen molar-refractivity contribution in [2.75, 3.05) is 43.5 Å². The molecule has 3 aromatic rings. The van der Waals surface area contributed by atoms with Crippen molar-refractivity contribution < 1.29 is 40.2 Å². The highest BCUT2D eigenvalue weighted by atomic mass is 32.2. The summed E-state index contributed by atoms with van der Waals surface area (Å²) in [5.41, 5.74) is 0.0893. The van der Waals surface area contributed by atoms with Crippen LogP contribution in [0.4, 0.5) is 42.2 Å². The predicted molar refractivity (Wildman–Crippen MR) is 144 cm³/mol. The summed E-state index contributed by atoms with van der Waals surface area (Å²) >= 11 is 1.58. The maximum Gasteiger partial charge on any atom is 0.417 e. The van der Waals surface area contributed by atoms with Crippen LogP contribution < -0.4 is 25.8 Å². The summed E-state index contributed by atoms with van der Waals surface area (Å²) < 4.78 is 113. The fraction of sp³-hybridized carbons (Fsp3) is 0.500. The summed E-state index contributed by atoms with van der Waals surface area (Å²) in [6.45, 7) is 1.68. The lowest BCUT2D eigenvalue weighted by Gasteiger charge is -2.22. The van der Waals surface area contributed by atoms with Crippen LogP contribution in [0, 0.1) is 18.6 Å². The number of benzene rings is 1. The number of nitrogens with one attached hydrogen (secondary N) is 2. The van der Waals surface area contributed by atoms with Gasteiger partial charge in [0.05, 0.1) is 11.3 Å². The number of hydrogen-bond acceptors (Lipinski definition) is 9. The molecule has 1 unspecified atom stereocenters. The van der Waals surface area contributed by atoms with E-state index in [2.05, 4.69) is 25.6 Å². The molecule has 42 heavy (non-hydrogen) atoms. The predicted octanol–water partition coefficient (Wildman–Crippen LogP) is 5.57. The normalized spacial score (nSPS) is 18.8. The van der Waals surface area contributed by atoms with E-state index < -0.39 is 69.8 Å². The molecule has 8 nitrogen and oxygen atoms in total. The third-order valence-corrected chi connectivity index (χ3v) is 8.64. The minimum atomic E-state index is -5.16. The Hall–Kier alpha value is -3.27. The van der Waals surface area contributed by atoms with Crippen molar-refractivity contribution in [1.82, 2.24) is 20.3 Å². The van der Waals surface area contributed by atoms with Crippen LogP contribution in [0.15, 0.2) is 6.07 Å². The first-order valence-corrected chi connectivity index (χ1v) is 14.2. The lowest BCUT2D eigenvalue weighted by Crippen LogP contribution is -2.31.